The van der Waals surface area contributed by atoms with Crippen molar-refractivity contribution >= 4 is 5.96 Å². The summed E-state index contributed by atoms with van der Waals surface area (Å²) >= 11 is 0. The summed E-state index contributed by atoms with van der Waals surface area (Å²) in [6, 6.07) is 0.555. The molecule has 0 aromatic heterocycles. The summed E-state index contributed by atoms with van der Waals surface area (Å²) in [4.78, 5) is 6.74. The molecule has 14 heavy (non-hydrogen) atoms. The predicted molar refractivity (Wildman–Crippen MR) is 59.2 cm³/mol. The SMILES string of the molecule is CCC1CCN(C(N)=NC2CC2)CC1. The van der Waals surface area contributed by atoms with E-state index in [0.717, 1.165) is 25.0 Å². The van der Waals surface area contributed by atoms with Gasteiger partial charge in [0, 0.05) is 13.1 Å². The van der Waals surface area contributed by atoms with Crippen molar-refractivity contribution < 1.29 is 0 Å². The van der Waals surface area contributed by atoms with Gasteiger partial charge in [0.25, 0.3) is 0 Å². The normalized spacial score (nSPS) is 25.5. The molecule has 1 aliphatic carbocycles. The molecular formula is C11H21N3. The number of guanidine groups is 1. The maximum Gasteiger partial charge on any atom is 0.191 e. The van der Waals surface area contributed by atoms with Gasteiger partial charge in [0.2, 0.25) is 0 Å². The maximum atomic E-state index is 5.95. The number of hydrogen-bond donors (Lipinski definition) is 1. The van der Waals surface area contributed by atoms with E-state index in [1.165, 1.54) is 32.1 Å². The molecule has 0 amide bonds. The zero-order chi connectivity index (χ0) is 9.97. The molecule has 0 radical (unpaired) electrons. The van der Waals surface area contributed by atoms with E-state index in [4.69, 9.17) is 5.73 Å². The molecule has 0 aromatic carbocycles. The number of hydrogen-bond acceptors (Lipinski definition) is 1. The second kappa shape index (κ2) is 4.20. The minimum atomic E-state index is 0.555. The summed E-state index contributed by atoms with van der Waals surface area (Å²) in [6.45, 7) is 4.50. The number of rotatable bonds is 2. The molecule has 2 N–H and O–H groups in total. The van der Waals surface area contributed by atoms with Crippen LogP contribution in [0.25, 0.3) is 0 Å². The molecule has 1 aliphatic heterocycles. The largest absolute Gasteiger partial charge is 0.370 e. The van der Waals surface area contributed by atoms with Crippen molar-refractivity contribution in [2.75, 3.05) is 13.1 Å². The van der Waals surface area contributed by atoms with Crippen LogP contribution in [0.5, 0.6) is 0 Å². The first-order valence-electron chi connectivity index (χ1n) is 5.87. The first-order chi connectivity index (χ1) is 6.79. The molecule has 2 aliphatic rings. The molecule has 3 heteroatoms. The molecule has 2 fully saturated rings. The highest BCUT2D eigenvalue weighted by Crippen LogP contribution is 2.24. The second-order valence-electron chi connectivity index (χ2n) is 4.56. The Morgan fingerprint density at radius 2 is 1.93 bits per heavy atom. The zero-order valence-electron chi connectivity index (χ0n) is 9.08. The molecule has 0 spiro atoms. The molecule has 0 aromatic rings. The van der Waals surface area contributed by atoms with E-state index in [9.17, 15) is 0 Å². The standard InChI is InChI=1S/C11H21N3/c1-2-9-5-7-14(8-6-9)11(12)13-10-3-4-10/h9-10H,2-8H2,1H3,(H2,12,13). The molecule has 0 unspecified atom stereocenters. The second-order valence-corrected chi connectivity index (χ2v) is 4.56. The zero-order valence-corrected chi connectivity index (χ0v) is 9.08. The van der Waals surface area contributed by atoms with Gasteiger partial charge in [0.05, 0.1) is 6.04 Å². The molecule has 0 bridgehead atoms. The van der Waals surface area contributed by atoms with Gasteiger partial charge >= 0.3 is 0 Å². The van der Waals surface area contributed by atoms with E-state index < -0.39 is 0 Å². The first kappa shape index (κ1) is 9.81. The molecule has 1 saturated carbocycles. The number of piperidine rings is 1. The Balaban J connectivity index is 1.81. The summed E-state index contributed by atoms with van der Waals surface area (Å²) in [6.07, 6.45) is 6.38. The Morgan fingerprint density at radius 1 is 1.29 bits per heavy atom. The van der Waals surface area contributed by atoms with Crippen LogP contribution in [0.4, 0.5) is 0 Å². The lowest BCUT2D eigenvalue weighted by Gasteiger charge is -2.32. The Morgan fingerprint density at radius 3 is 2.43 bits per heavy atom. The average molecular weight is 195 g/mol. The Hall–Kier alpha value is -0.730. The molecule has 0 atom stereocenters. The Kier molecular flexibility index (Phi) is 2.94. The smallest absolute Gasteiger partial charge is 0.191 e. The molecule has 1 saturated heterocycles. The quantitative estimate of drug-likeness (QED) is 0.537. The van der Waals surface area contributed by atoms with E-state index in [0.29, 0.717) is 6.04 Å². The van der Waals surface area contributed by atoms with Crippen molar-refractivity contribution in [3.63, 3.8) is 0 Å². The van der Waals surface area contributed by atoms with E-state index in [-0.39, 0.29) is 0 Å². The van der Waals surface area contributed by atoms with Crippen LogP contribution in [0.15, 0.2) is 4.99 Å². The lowest BCUT2D eigenvalue weighted by molar-refractivity contribution is 0.259. The van der Waals surface area contributed by atoms with E-state index in [2.05, 4.69) is 16.8 Å². The van der Waals surface area contributed by atoms with E-state index in [1.54, 1.807) is 0 Å². The number of likely N-dealkylation sites (tertiary alicyclic amines) is 1. The van der Waals surface area contributed by atoms with Crippen LogP contribution in [0.3, 0.4) is 0 Å². The summed E-state index contributed by atoms with van der Waals surface area (Å²) in [5, 5.41) is 0. The third-order valence-corrected chi connectivity index (χ3v) is 3.38. The van der Waals surface area contributed by atoms with Crippen molar-refractivity contribution in [3.8, 4) is 0 Å². The maximum absolute atomic E-state index is 5.95. The van der Waals surface area contributed by atoms with Crippen molar-refractivity contribution in [1.82, 2.24) is 4.90 Å². The van der Waals surface area contributed by atoms with Crippen molar-refractivity contribution in [3.05, 3.63) is 0 Å². The van der Waals surface area contributed by atoms with Crippen LogP contribution in [-0.4, -0.2) is 30.0 Å². The van der Waals surface area contributed by atoms with Gasteiger partial charge in [0.1, 0.15) is 0 Å². The predicted octanol–water partition coefficient (Wildman–Crippen LogP) is 1.59. The summed E-state index contributed by atoms with van der Waals surface area (Å²) in [5.41, 5.74) is 5.95. The minimum absolute atomic E-state index is 0.555. The van der Waals surface area contributed by atoms with Gasteiger partial charge < -0.3 is 10.6 Å². The van der Waals surface area contributed by atoms with Gasteiger partial charge in [0.15, 0.2) is 5.96 Å². The molecule has 2 rings (SSSR count). The van der Waals surface area contributed by atoms with Gasteiger partial charge in [-0.05, 0) is 31.6 Å². The Labute approximate surface area is 86.4 Å². The Bertz CT molecular complexity index is 213. The fraction of sp³-hybridized carbons (Fsp3) is 0.909. The lowest BCUT2D eigenvalue weighted by atomic mass is 9.95. The fourth-order valence-electron chi connectivity index (χ4n) is 2.04. The van der Waals surface area contributed by atoms with Crippen LogP contribution < -0.4 is 5.73 Å². The summed E-state index contributed by atoms with van der Waals surface area (Å²) < 4.78 is 0. The van der Waals surface area contributed by atoms with E-state index >= 15 is 0 Å². The topological polar surface area (TPSA) is 41.6 Å². The van der Waals surface area contributed by atoms with Crippen LogP contribution in [0, 0.1) is 5.92 Å². The third kappa shape index (κ3) is 2.40. The van der Waals surface area contributed by atoms with Gasteiger partial charge in [-0.3, -0.25) is 0 Å². The minimum Gasteiger partial charge on any atom is -0.370 e. The fourth-order valence-corrected chi connectivity index (χ4v) is 2.04. The average Bonchev–Trinajstić information content (AvgIpc) is 3.02. The number of aliphatic imine (C=N–C) groups is 1. The number of nitrogens with zero attached hydrogens (tertiary/aromatic N) is 2. The van der Waals surface area contributed by atoms with Crippen molar-refractivity contribution in [2.45, 2.75) is 45.1 Å². The highest BCUT2D eigenvalue weighted by molar-refractivity contribution is 5.78. The van der Waals surface area contributed by atoms with Crippen LogP contribution in [0.2, 0.25) is 0 Å². The van der Waals surface area contributed by atoms with Gasteiger partial charge in [-0.15, -0.1) is 0 Å². The summed E-state index contributed by atoms with van der Waals surface area (Å²) in [5.74, 6) is 1.71. The third-order valence-electron chi connectivity index (χ3n) is 3.38. The van der Waals surface area contributed by atoms with Crippen molar-refractivity contribution in [1.29, 1.82) is 0 Å². The van der Waals surface area contributed by atoms with Crippen LogP contribution in [0.1, 0.15) is 39.0 Å². The van der Waals surface area contributed by atoms with Gasteiger partial charge in [-0.25, -0.2) is 4.99 Å². The van der Waals surface area contributed by atoms with Crippen LogP contribution >= 0.6 is 0 Å². The molecular weight excluding hydrogens is 174 g/mol. The van der Waals surface area contributed by atoms with Crippen molar-refractivity contribution in [2.24, 2.45) is 16.6 Å². The summed E-state index contributed by atoms with van der Waals surface area (Å²) in [7, 11) is 0. The van der Waals surface area contributed by atoms with Gasteiger partial charge in [-0.1, -0.05) is 13.3 Å². The lowest BCUT2D eigenvalue weighted by Crippen LogP contribution is -2.43. The first-order valence-corrected chi connectivity index (χ1v) is 5.87. The molecule has 80 valence electrons. The highest BCUT2D eigenvalue weighted by atomic mass is 15.3. The van der Waals surface area contributed by atoms with E-state index in [1.807, 2.05) is 0 Å². The highest BCUT2D eigenvalue weighted by Gasteiger charge is 2.23. The monoisotopic (exact) mass is 195 g/mol. The molecule has 3 nitrogen and oxygen atoms in total. The van der Waals surface area contributed by atoms with Crippen LogP contribution in [-0.2, 0) is 0 Å². The van der Waals surface area contributed by atoms with Gasteiger partial charge in [-0.2, -0.15) is 0 Å². The molecule has 1 heterocycles. The number of nitrogens with two attached hydrogens (primary N) is 1.